The summed E-state index contributed by atoms with van der Waals surface area (Å²) in [6.07, 6.45) is 1.48. The Hall–Kier alpha value is -1.30. The maximum atomic E-state index is 5.68. The van der Waals surface area contributed by atoms with E-state index in [-0.39, 0.29) is 0 Å². The molecule has 66 valence electrons. The fourth-order valence-electron chi connectivity index (χ4n) is 1.47. The van der Waals surface area contributed by atoms with Crippen LogP contribution in [0, 0.1) is 0 Å². The van der Waals surface area contributed by atoms with Crippen LogP contribution in [0.25, 0.3) is 11.2 Å². The number of nitrogens with two attached hydrogens (primary N) is 1. The summed E-state index contributed by atoms with van der Waals surface area (Å²) in [5, 5.41) is 1.00. The zero-order valence-corrected chi connectivity index (χ0v) is 7.58. The van der Waals surface area contributed by atoms with E-state index in [1.807, 2.05) is 0 Å². The van der Waals surface area contributed by atoms with Crippen molar-refractivity contribution < 1.29 is 0 Å². The monoisotopic (exact) mass is 193 g/mol. The van der Waals surface area contributed by atoms with Gasteiger partial charge in [-0.25, -0.2) is 15.0 Å². The van der Waals surface area contributed by atoms with E-state index in [0.29, 0.717) is 5.82 Å². The van der Waals surface area contributed by atoms with E-state index in [1.165, 1.54) is 6.33 Å². The molecule has 3 rings (SSSR count). The summed E-state index contributed by atoms with van der Waals surface area (Å²) in [4.78, 5) is 12.4. The van der Waals surface area contributed by atoms with Crippen LogP contribution in [0.1, 0.15) is 0 Å². The number of rotatable bonds is 0. The number of hydrogen-bond donors (Lipinski definition) is 1. The van der Waals surface area contributed by atoms with Crippen LogP contribution in [0.5, 0.6) is 0 Å². The Balaban J connectivity index is 2.44. The number of anilines is 1. The van der Waals surface area contributed by atoms with Crippen LogP contribution in [0.3, 0.4) is 0 Å². The smallest absolute Gasteiger partial charge is 0.170 e. The minimum Gasteiger partial charge on any atom is -0.382 e. The minimum atomic E-state index is 0.465. The predicted octanol–water partition coefficient (Wildman–Crippen LogP) is 0.514. The largest absolute Gasteiger partial charge is 0.382 e. The SMILES string of the molecule is Nc1ncnc2c1nc1n2CCS1. The van der Waals surface area contributed by atoms with Crippen molar-refractivity contribution >= 4 is 28.7 Å². The summed E-state index contributed by atoms with van der Waals surface area (Å²) in [7, 11) is 0. The predicted molar refractivity (Wildman–Crippen MR) is 50.5 cm³/mol. The molecule has 1 aliphatic heterocycles. The van der Waals surface area contributed by atoms with Crippen LogP contribution >= 0.6 is 11.8 Å². The molecule has 2 aromatic rings. The van der Waals surface area contributed by atoms with Crippen molar-refractivity contribution in [3.63, 3.8) is 0 Å². The molecule has 0 aliphatic carbocycles. The van der Waals surface area contributed by atoms with Gasteiger partial charge in [0.15, 0.2) is 22.1 Å². The number of aromatic nitrogens is 4. The van der Waals surface area contributed by atoms with Crippen molar-refractivity contribution in [1.82, 2.24) is 19.5 Å². The molecule has 1 aliphatic rings. The molecule has 0 saturated carbocycles. The molecule has 2 aromatic heterocycles. The molecule has 0 amide bonds. The summed E-state index contributed by atoms with van der Waals surface area (Å²) in [5.41, 5.74) is 7.26. The first-order valence-electron chi connectivity index (χ1n) is 3.96. The van der Waals surface area contributed by atoms with Crippen molar-refractivity contribution in [2.24, 2.45) is 0 Å². The first kappa shape index (κ1) is 7.14. The maximum Gasteiger partial charge on any atom is 0.170 e. The molecule has 0 fully saturated rings. The van der Waals surface area contributed by atoms with Gasteiger partial charge in [-0.05, 0) is 0 Å². The van der Waals surface area contributed by atoms with Crippen LogP contribution < -0.4 is 5.73 Å². The molecule has 0 atom stereocenters. The molecule has 2 N–H and O–H groups in total. The van der Waals surface area contributed by atoms with E-state index in [0.717, 1.165) is 28.6 Å². The van der Waals surface area contributed by atoms with Crippen molar-refractivity contribution in [1.29, 1.82) is 0 Å². The molecular formula is C7H7N5S. The van der Waals surface area contributed by atoms with E-state index in [4.69, 9.17) is 5.73 Å². The molecule has 0 radical (unpaired) electrons. The van der Waals surface area contributed by atoms with E-state index in [2.05, 4.69) is 19.5 Å². The molecule has 0 aromatic carbocycles. The zero-order valence-electron chi connectivity index (χ0n) is 6.77. The molecule has 13 heavy (non-hydrogen) atoms. The Labute approximate surface area is 78.4 Å². The minimum absolute atomic E-state index is 0.465. The highest BCUT2D eigenvalue weighted by Crippen LogP contribution is 2.29. The van der Waals surface area contributed by atoms with E-state index in [9.17, 15) is 0 Å². The van der Waals surface area contributed by atoms with E-state index < -0.39 is 0 Å². The van der Waals surface area contributed by atoms with Crippen molar-refractivity contribution in [2.75, 3.05) is 11.5 Å². The van der Waals surface area contributed by atoms with Gasteiger partial charge in [0.05, 0.1) is 0 Å². The lowest BCUT2D eigenvalue weighted by Crippen LogP contribution is -1.97. The van der Waals surface area contributed by atoms with Gasteiger partial charge in [0.2, 0.25) is 0 Å². The number of aryl methyl sites for hydroxylation is 1. The number of nitrogens with zero attached hydrogens (tertiary/aromatic N) is 4. The Morgan fingerprint density at radius 3 is 3.31 bits per heavy atom. The molecule has 0 spiro atoms. The second-order valence-electron chi connectivity index (χ2n) is 2.83. The molecule has 3 heterocycles. The van der Waals surface area contributed by atoms with E-state index >= 15 is 0 Å². The summed E-state index contributed by atoms with van der Waals surface area (Å²) < 4.78 is 2.08. The third-order valence-corrected chi connectivity index (χ3v) is 3.03. The summed E-state index contributed by atoms with van der Waals surface area (Å²) >= 11 is 1.73. The Kier molecular flexibility index (Phi) is 1.29. The third-order valence-electron chi connectivity index (χ3n) is 2.07. The van der Waals surface area contributed by atoms with Crippen LogP contribution in [0.15, 0.2) is 11.5 Å². The molecule has 0 saturated heterocycles. The van der Waals surface area contributed by atoms with Crippen LogP contribution in [-0.2, 0) is 6.54 Å². The quantitative estimate of drug-likeness (QED) is 0.660. The Morgan fingerprint density at radius 1 is 1.46 bits per heavy atom. The highest BCUT2D eigenvalue weighted by atomic mass is 32.2. The number of thioether (sulfide) groups is 1. The van der Waals surface area contributed by atoms with Gasteiger partial charge in [0, 0.05) is 12.3 Å². The third kappa shape index (κ3) is 0.859. The lowest BCUT2D eigenvalue weighted by atomic mass is 10.5. The average Bonchev–Trinajstić information content (AvgIpc) is 2.65. The normalized spacial score (nSPS) is 15.1. The fourth-order valence-corrected chi connectivity index (χ4v) is 2.42. The maximum absolute atomic E-state index is 5.68. The Morgan fingerprint density at radius 2 is 2.38 bits per heavy atom. The molecule has 6 heteroatoms. The van der Waals surface area contributed by atoms with Gasteiger partial charge in [0.1, 0.15) is 6.33 Å². The van der Waals surface area contributed by atoms with E-state index in [1.54, 1.807) is 11.8 Å². The van der Waals surface area contributed by atoms with Gasteiger partial charge in [0.25, 0.3) is 0 Å². The standard InChI is InChI=1S/C7H7N5S/c8-5-4-6(10-3-9-5)12-1-2-13-7(12)11-4/h3H,1-2H2,(H2,8,9,10). The zero-order chi connectivity index (χ0) is 8.84. The van der Waals surface area contributed by atoms with Crippen LogP contribution in [0.4, 0.5) is 5.82 Å². The van der Waals surface area contributed by atoms with Crippen molar-refractivity contribution in [2.45, 2.75) is 11.7 Å². The lowest BCUT2D eigenvalue weighted by Gasteiger charge is -1.95. The molecule has 5 nitrogen and oxygen atoms in total. The second kappa shape index (κ2) is 2.35. The summed E-state index contributed by atoms with van der Waals surface area (Å²) in [6, 6.07) is 0. The number of nitrogen functional groups attached to an aromatic ring is 1. The van der Waals surface area contributed by atoms with Gasteiger partial charge in [-0.3, -0.25) is 0 Å². The van der Waals surface area contributed by atoms with Crippen LogP contribution in [-0.4, -0.2) is 25.3 Å². The van der Waals surface area contributed by atoms with Gasteiger partial charge < -0.3 is 10.3 Å². The second-order valence-corrected chi connectivity index (χ2v) is 3.89. The van der Waals surface area contributed by atoms with Gasteiger partial charge >= 0.3 is 0 Å². The van der Waals surface area contributed by atoms with Gasteiger partial charge in [-0.15, -0.1) is 0 Å². The molecule has 0 unspecified atom stereocenters. The van der Waals surface area contributed by atoms with Crippen molar-refractivity contribution in [3.05, 3.63) is 6.33 Å². The highest BCUT2D eigenvalue weighted by molar-refractivity contribution is 7.99. The fraction of sp³-hybridized carbons (Fsp3) is 0.286. The first-order valence-corrected chi connectivity index (χ1v) is 4.94. The lowest BCUT2D eigenvalue weighted by molar-refractivity contribution is 0.735. The van der Waals surface area contributed by atoms with Crippen molar-refractivity contribution in [3.8, 4) is 0 Å². The van der Waals surface area contributed by atoms with Gasteiger partial charge in [-0.1, -0.05) is 11.8 Å². The number of fused-ring (bicyclic) bond motifs is 3. The summed E-state index contributed by atoms with van der Waals surface area (Å²) in [6.45, 7) is 0.965. The first-order chi connectivity index (χ1) is 6.36. The average molecular weight is 193 g/mol. The molecular weight excluding hydrogens is 186 g/mol. The number of hydrogen-bond acceptors (Lipinski definition) is 5. The topological polar surface area (TPSA) is 69.6 Å². The van der Waals surface area contributed by atoms with Gasteiger partial charge in [-0.2, -0.15) is 0 Å². The molecule has 0 bridgehead atoms. The highest BCUT2D eigenvalue weighted by Gasteiger charge is 2.18. The Bertz CT molecular complexity index is 477. The number of imidazole rings is 1. The summed E-state index contributed by atoms with van der Waals surface area (Å²) in [5.74, 6) is 1.54. The van der Waals surface area contributed by atoms with Crippen LogP contribution in [0.2, 0.25) is 0 Å².